The maximum Gasteiger partial charge on any atom is 2.00 e. The van der Waals surface area contributed by atoms with Crippen LogP contribution in [0.15, 0.2) is 0 Å². The zero-order valence-electron chi connectivity index (χ0n) is 3.50. The molecular formula is C2H7BrMgSi. The Hall–Kier alpha value is 1.46. The second kappa shape index (κ2) is 17.9. The van der Waals surface area contributed by atoms with Crippen LogP contribution in [0, 0.1) is 6.55 Å². The fraction of sp³-hybridized carbons (Fsp3) is 0.500. The standard InChI is InChI=1S/C2H7Si.BrH.Mg/c1-3-2;;/h1,3H2,2H3;1H;/q-1;;+2/p-1. The van der Waals surface area contributed by atoms with Gasteiger partial charge in [-0.05, 0) is 0 Å². The average Bonchev–Trinajstić information content (AvgIpc) is 0.918. The minimum Gasteiger partial charge on any atom is -1.00 e. The number of hydrogen-bond acceptors (Lipinski definition) is 0. The molecule has 28 valence electrons. The van der Waals surface area contributed by atoms with Gasteiger partial charge in [0, 0.05) is 0 Å². The van der Waals surface area contributed by atoms with Gasteiger partial charge in [0.15, 0.2) is 0 Å². The third-order valence-electron chi connectivity index (χ3n) is 0. The Morgan fingerprint density at radius 2 is 1.60 bits per heavy atom. The van der Waals surface area contributed by atoms with Crippen molar-refractivity contribution in [3.8, 4) is 0 Å². The molecule has 0 aromatic heterocycles. The topological polar surface area (TPSA) is 0 Å². The van der Waals surface area contributed by atoms with Crippen LogP contribution in [0.5, 0.6) is 0 Å². The van der Waals surface area contributed by atoms with Crippen molar-refractivity contribution < 1.29 is 17.0 Å². The third kappa shape index (κ3) is 30.6. The Bertz CT molecular complexity index is 9.61. The minimum absolute atomic E-state index is 0. The van der Waals surface area contributed by atoms with Crippen LogP contribution in [-0.2, 0) is 0 Å². The molecule has 0 aliphatic rings. The molecule has 0 saturated heterocycles. The predicted molar refractivity (Wildman–Crippen MR) is 25.5 cm³/mol. The van der Waals surface area contributed by atoms with Crippen LogP contribution in [0.25, 0.3) is 0 Å². The predicted octanol–water partition coefficient (Wildman–Crippen LogP) is -3.38. The van der Waals surface area contributed by atoms with Crippen LogP contribution in [0.3, 0.4) is 0 Å². The molecule has 5 heavy (non-hydrogen) atoms. The Morgan fingerprint density at radius 1 is 1.60 bits per heavy atom. The molecule has 0 aliphatic heterocycles. The van der Waals surface area contributed by atoms with E-state index in [1.165, 1.54) is 0 Å². The molecule has 3 heteroatoms. The van der Waals surface area contributed by atoms with Crippen molar-refractivity contribution in [3.63, 3.8) is 0 Å². The van der Waals surface area contributed by atoms with Gasteiger partial charge in [-0.15, -0.1) is 16.1 Å². The summed E-state index contributed by atoms with van der Waals surface area (Å²) in [6.45, 7) is 5.78. The van der Waals surface area contributed by atoms with Crippen LogP contribution in [-0.4, -0.2) is 32.6 Å². The van der Waals surface area contributed by atoms with Crippen molar-refractivity contribution in [2.24, 2.45) is 0 Å². The van der Waals surface area contributed by atoms with E-state index in [0.29, 0.717) is 0 Å². The van der Waals surface area contributed by atoms with E-state index in [1.54, 1.807) is 0 Å². The average molecular weight is 163 g/mol. The number of halogens is 1. The molecule has 0 unspecified atom stereocenters. The first kappa shape index (κ1) is 16.1. The minimum atomic E-state index is 0. The summed E-state index contributed by atoms with van der Waals surface area (Å²) in [4.78, 5) is 0. The van der Waals surface area contributed by atoms with E-state index >= 15 is 0 Å². The Labute approximate surface area is 62.5 Å². The normalized spacial score (nSPS) is 6.00. The zero-order chi connectivity index (χ0) is 2.71. The second-order valence-electron chi connectivity index (χ2n) is 0.500. The maximum atomic E-state index is 3.62. The van der Waals surface area contributed by atoms with E-state index in [2.05, 4.69) is 13.1 Å². The zero-order valence-corrected chi connectivity index (χ0v) is 7.91. The van der Waals surface area contributed by atoms with E-state index in [0.717, 1.165) is 0 Å². The first-order chi connectivity index (χ1) is 1.41. The quantitative estimate of drug-likeness (QED) is 0.258. The maximum absolute atomic E-state index is 3.62. The van der Waals surface area contributed by atoms with E-state index < -0.39 is 0 Å². The molecule has 0 spiro atoms. The van der Waals surface area contributed by atoms with Crippen molar-refractivity contribution in [1.82, 2.24) is 0 Å². The first-order valence-corrected chi connectivity index (χ1v) is 3.62. The monoisotopic (exact) mass is 162 g/mol. The molecule has 0 nitrogen and oxygen atoms in total. The van der Waals surface area contributed by atoms with Gasteiger partial charge in [-0.3, -0.25) is 0 Å². The van der Waals surface area contributed by atoms with Crippen LogP contribution in [0.2, 0.25) is 6.55 Å². The van der Waals surface area contributed by atoms with Crippen LogP contribution < -0.4 is 17.0 Å². The SMILES string of the molecule is [Br-].[CH2-][SiH2]C.[Mg+2]. The molecular weight excluding hydrogens is 156 g/mol. The summed E-state index contributed by atoms with van der Waals surface area (Å²) in [6.07, 6.45) is 0. The van der Waals surface area contributed by atoms with Crippen molar-refractivity contribution in [3.05, 3.63) is 6.55 Å². The molecule has 0 radical (unpaired) electrons. The Morgan fingerprint density at radius 3 is 1.60 bits per heavy atom. The molecule has 0 amide bonds. The van der Waals surface area contributed by atoms with E-state index in [-0.39, 0.29) is 49.6 Å². The molecule has 0 heterocycles. The van der Waals surface area contributed by atoms with Gasteiger partial charge in [-0.25, -0.2) is 0 Å². The van der Waals surface area contributed by atoms with Crippen LogP contribution in [0.4, 0.5) is 0 Å². The van der Waals surface area contributed by atoms with Crippen molar-refractivity contribution in [1.29, 1.82) is 0 Å². The van der Waals surface area contributed by atoms with Gasteiger partial charge in [0.25, 0.3) is 0 Å². The Balaban J connectivity index is -0.0000000200. The fourth-order valence-electron chi connectivity index (χ4n) is 0. The molecule has 0 aromatic carbocycles. The van der Waals surface area contributed by atoms with Gasteiger partial charge in [-0.2, -0.15) is 0 Å². The summed E-state index contributed by atoms with van der Waals surface area (Å²) >= 11 is 0. The van der Waals surface area contributed by atoms with Crippen molar-refractivity contribution in [2.75, 3.05) is 0 Å². The largest absolute Gasteiger partial charge is 2.00 e. The summed E-state index contributed by atoms with van der Waals surface area (Å²) in [5.41, 5.74) is 0. The van der Waals surface area contributed by atoms with Crippen molar-refractivity contribution >= 4 is 32.6 Å². The van der Waals surface area contributed by atoms with E-state index in [9.17, 15) is 0 Å². The summed E-state index contributed by atoms with van der Waals surface area (Å²) < 4.78 is 0. The molecule has 0 rings (SSSR count). The van der Waals surface area contributed by atoms with Gasteiger partial charge < -0.3 is 23.5 Å². The molecule has 0 fully saturated rings. The summed E-state index contributed by atoms with van der Waals surface area (Å²) in [7, 11) is 0.167. The molecule has 0 N–H and O–H groups in total. The molecule has 0 bridgehead atoms. The molecule has 0 saturated carbocycles. The summed E-state index contributed by atoms with van der Waals surface area (Å²) in [5, 5.41) is 0. The van der Waals surface area contributed by atoms with Gasteiger partial charge in [0.05, 0.1) is 0 Å². The summed E-state index contributed by atoms with van der Waals surface area (Å²) in [6, 6.07) is 0. The fourth-order valence-corrected chi connectivity index (χ4v) is 0. The molecule has 0 atom stereocenters. The smallest absolute Gasteiger partial charge is 1.00 e. The van der Waals surface area contributed by atoms with Crippen LogP contribution in [0.1, 0.15) is 0 Å². The van der Waals surface area contributed by atoms with Gasteiger partial charge in [0.2, 0.25) is 0 Å². The van der Waals surface area contributed by atoms with Crippen molar-refractivity contribution in [2.45, 2.75) is 6.55 Å². The molecule has 0 aliphatic carbocycles. The van der Waals surface area contributed by atoms with Gasteiger partial charge in [-0.1, -0.05) is 0 Å². The Kier molecular flexibility index (Phi) is 57.7. The third-order valence-corrected chi connectivity index (χ3v) is 0. The molecule has 0 aromatic rings. The number of rotatable bonds is 0. The summed E-state index contributed by atoms with van der Waals surface area (Å²) in [5.74, 6) is 0. The second-order valence-corrected chi connectivity index (χ2v) is 1.50. The van der Waals surface area contributed by atoms with E-state index in [1.807, 2.05) is 0 Å². The van der Waals surface area contributed by atoms with E-state index in [4.69, 9.17) is 0 Å². The number of hydrogen-bond donors (Lipinski definition) is 0. The first-order valence-electron chi connectivity index (χ1n) is 1.21. The van der Waals surface area contributed by atoms with Gasteiger partial charge in [0.1, 0.15) is 0 Å². The van der Waals surface area contributed by atoms with Gasteiger partial charge >= 0.3 is 23.1 Å². The van der Waals surface area contributed by atoms with Crippen LogP contribution >= 0.6 is 0 Å².